The minimum atomic E-state index is -0.543. The SMILES string of the molecule is COc1ccc(-c2ccccc2)c(F)c1C#N. The fraction of sp³-hybridized carbons (Fsp3) is 0.0714. The molecule has 2 aromatic carbocycles. The van der Waals surface area contributed by atoms with Crippen molar-refractivity contribution < 1.29 is 9.13 Å². The molecular formula is C14H10FNO. The van der Waals surface area contributed by atoms with Crippen LogP contribution in [0.1, 0.15) is 5.56 Å². The number of nitrogens with zero attached hydrogens (tertiary/aromatic N) is 1. The second-order valence-electron chi connectivity index (χ2n) is 3.48. The summed E-state index contributed by atoms with van der Waals surface area (Å²) < 4.78 is 19.0. The Morgan fingerprint density at radius 2 is 1.82 bits per heavy atom. The standard InChI is InChI=1S/C14H10FNO/c1-17-13-8-7-11(14(15)12(13)9-16)10-5-3-2-4-6-10/h2-8H,1H3. The Hall–Kier alpha value is -2.34. The Kier molecular flexibility index (Phi) is 3.06. The Balaban J connectivity index is 2.63. The summed E-state index contributed by atoms with van der Waals surface area (Å²) in [4.78, 5) is 0. The van der Waals surface area contributed by atoms with Crippen LogP contribution in [0.5, 0.6) is 5.75 Å². The van der Waals surface area contributed by atoms with E-state index >= 15 is 0 Å². The Bertz CT molecular complexity index is 573. The maximum atomic E-state index is 14.1. The zero-order valence-corrected chi connectivity index (χ0v) is 9.27. The van der Waals surface area contributed by atoms with Crippen LogP contribution in [0.25, 0.3) is 11.1 Å². The molecule has 0 saturated carbocycles. The lowest BCUT2D eigenvalue weighted by atomic mass is 10.0. The summed E-state index contributed by atoms with van der Waals surface area (Å²) in [6.45, 7) is 0. The predicted molar refractivity (Wildman–Crippen MR) is 63.1 cm³/mol. The zero-order valence-electron chi connectivity index (χ0n) is 9.27. The lowest BCUT2D eigenvalue weighted by Crippen LogP contribution is -1.94. The van der Waals surface area contributed by atoms with Crippen molar-refractivity contribution in [3.8, 4) is 22.9 Å². The minimum Gasteiger partial charge on any atom is -0.495 e. The van der Waals surface area contributed by atoms with Crippen molar-refractivity contribution >= 4 is 0 Å². The van der Waals surface area contributed by atoms with E-state index in [-0.39, 0.29) is 11.3 Å². The van der Waals surface area contributed by atoms with Crippen molar-refractivity contribution in [3.05, 3.63) is 53.8 Å². The fourth-order valence-corrected chi connectivity index (χ4v) is 1.67. The maximum absolute atomic E-state index is 14.1. The second kappa shape index (κ2) is 4.67. The molecule has 0 N–H and O–H groups in total. The average Bonchev–Trinajstić information content (AvgIpc) is 2.39. The smallest absolute Gasteiger partial charge is 0.152 e. The largest absolute Gasteiger partial charge is 0.495 e. The van der Waals surface area contributed by atoms with Gasteiger partial charge in [-0.25, -0.2) is 4.39 Å². The molecule has 84 valence electrons. The van der Waals surface area contributed by atoms with Crippen molar-refractivity contribution in [1.82, 2.24) is 0 Å². The van der Waals surface area contributed by atoms with Crippen LogP contribution >= 0.6 is 0 Å². The van der Waals surface area contributed by atoms with E-state index in [1.807, 2.05) is 24.3 Å². The normalized spacial score (nSPS) is 9.71. The first-order valence-electron chi connectivity index (χ1n) is 5.10. The summed E-state index contributed by atoms with van der Waals surface area (Å²) in [5.74, 6) is -0.289. The molecule has 0 heterocycles. The van der Waals surface area contributed by atoms with Crippen molar-refractivity contribution in [1.29, 1.82) is 5.26 Å². The molecular weight excluding hydrogens is 217 g/mol. The zero-order chi connectivity index (χ0) is 12.3. The van der Waals surface area contributed by atoms with Gasteiger partial charge in [-0.3, -0.25) is 0 Å². The van der Waals surface area contributed by atoms with E-state index in [1.54, 1.807) is 24.3 Å². The number of hydrogen-bond donors (Lipinski definition) is 0. The molecule has 0 aliphatic heterocycles. The molecule has 0 radical (unpaired) electrons. The number of rotatable bonds is 2. The van der Waals surface area contributed by atoms with Crippen LogP contribution in [0.3, 0.4) is 0 Å². The molecule has 0 spiro atoms. The topological polar surface area (TPSA) is 33.0 Å². The van der Waals surface area contributed by atoms with E-state index in [0.717, 1.165) is 5.56 Å². The molecule has 0 bridgehead atoms. The number of methoxy groups -OCH3 is 1. The third-order valence-electron chi connectivity index (χ3n) is 2.52. The van der Waals surface area contributed by atoms with Crippen molar-refractivity contribution in [2.75, 3.05) is 7.11 Å². The number of benzene rings is 2. The van der Waals surface area contributed by atoms with Crippen molar-refractivity contribution in [2.24, 2.45) is 0 Å². The highest BCUT2D eigenvalue weighted by molar-refractivity contribution is 5.68. The van der Waals surface area contributed by atoms with Gasteiger partial charge < -0.3 is 4.74 Å². The van der Waals surface area contributed by atoms with Gasteiger partial charge in [-0.2, -0.15) is 5.26 Å². The van der Waals surface area contributed by atoms with Crippen molar-refractivity contribution in [2.45, 2.75) is 0 Å². The first-order valence-corrected chi connectivity index (χ1v) is 5.10. The molecule has 3 heteroatoms. The third kappa shape index (κ3) is 1.98. The number of halogens is 1. The summed E-state index contributed by atoms with van der Waals surface area (Å²) in [5, 5.41) is 8.93. The van der Waals surface area contributed by atoms with Gasteiger partial charge in [0.15, 0.2) is 5.82 Å². The van der Waals surface area contributed by atoms with Gasteiger partial charge in [-0.15, -0.1) is 0 Å². The molecule has 17 heavy (non-hydrogen) atoms. The van der Waals surface area contributed by atoms with Crippen molar-refractivity contribution in [3.63, 3.8) is 0 Å². The third-order valence-corrected chi connectivity index (χ3v) is 2.52. The van der Waals surface area contributed by atoms with Crippen LogP contribution in [-0.4, -0.2) is 7.11 Å². The van der Waals surface area contributed by atoms with Gasteiger partial charge in [0, 0.05) is 5.56 Å². The summed E-state index contributed by atoms with van der Waals surface area (Å²) in [6.07, 6.45) is 0. The quantitative estimate of drug-likeness (QED) is 0.788. The van der Waals surface area contributed by atoms with Gasteiger partial charge in [0.05, 0.1) is 7.11 Å². The molecule has 2 nitrogen and oxygen atoms in total. The molecule has 0 aliphatic carbocycles. The van der Waals surface area contributed by atoms with Gasteiger partial charge in [0.2, 0.25) is 0 Å². The molecule has 0 atom stereocenters. The van der Waals surface area contributed by atoms with Crippen LogP contribution in [0.2, 0.25) is 0 Å². The molecule has 0 saturated heterocycles. The van der Waals surface area contributed by atoms with Crippen LogP contribution in [-0.2, 0) is 0 Å². The van der Waals surface area contributed by atoms with E-state index in [4.69, 9.17) is 10.00 Å². The maximum Gasteiger partial charge on any atom is 0.152 e. The lowest BCUT2D eigenvalue weighted by molar-refractivity contribution is 0.410. The Morgan fingerprint density at radius 1 is 1.12 bits per heavy atom. The van der Waals surface area contributed by atoms with E-state index in [9.17, 15) is 4.39 Å². The minimum absolute atomic E-state index is 0.0612. The predicted octanol–water partition coefficient (Wildman–Crippen LogP) is 3.37. The number of ether oxygens (including phenoxy) is 1. The van der Waals surface area contributed by atoms with E-state index in [1.165, 1.54) is 7.11 Å². The van der Waals surface area contributed by atoms with Crippen LogP contribution < -0.4 is 4.74 Å². The lowest BCUT2D eigenvalue weighted by Gasteiger charge is -2.08. The Labute approximate surface area is 98.9 Å². The van der Waals surface area contributed by atoms with Gasteiger partial charge >= 0.3 is 0 Å². The highest BCUT2D eigenvalue weighted by Crippen LogP contribution is 2.30. The number of hydrogen-bond acceptors (Lipinski definition) is 2. The second-order valence-corrected chi connectivity index (χ2v) is 3.48. The van der Waals surface area contributed by atoms with Crippen LogP contribution in [0, 0.1) is 17.1 Å². The first-order chi connectivity index (χ1) is 8.27. The highest BCUT2D eigenvalue weighted by atomic mass is 19.1. The molecule has 0 aromatic heterocycles. The Morgan fingerprint density at radius 3 is 2.41 bits per heavy atom. The summed E-state index contributed by atoms with van der Waals surface area (Å²) in [5.41, 5.74) is 1.08. The number of nitriles is 1. The van der Waals surface area contributed by atoms with Gasteiger partial charge in [0.1, 0.15) is 17.4 Å². The first kappa shape index (κ1) is 11.2. The fourth-order valence-electron chi connectivity index (χ4n) is 1.67. The molecule has 2 aromatic rings. The molecule has 0 unspecified atom stereocenters. The van der Waals surface area contributed by atoms with Gasteiger partial charge in [0.25, 0.3) is 0 Å². The highest BCUT2D eigenvalue weighted by Gasteiger charge is 2.14. The van der Waals surface area contributed by atoms with Crippen LogP contribution in [0.4, 0.5) is 4.39 Å². The van der Waals surface area contributed by atoms with E-state index in [2.05, 4.69) is 0 Å². The summed E-state index contributed by atoms with van der Waals surface area (Å²) in [6, 6.07) is 14.1. The van der Waals surface area contributed by atoms with Crippen LogP contribution in [0.15, 0.2) is 42.5 Å². The molecule has 2 rings (SSSR count). The summed E-state index contributed by atoms with van der Waals surface area (Å²) in [7, 11) is 1.41. The molecule has 0 aliphatic rings. The molecule has 0 fully saturated rings. The van der Waals surface area contributed by atoms with Gasteiger partial charge in [-0.1, -0.05) is 30.3 Å². The van der Waals surface area contributed by atoms with Gasteiger partial charge in [-0.05, 0) is 17.7 Å². The van der Waals surface area contributed by atoms with E-state index in [0.29, 0.717) is 5.56 Å². The van der Waals surface area contributed by atoms with E-state index < -0.39 is 5.82 Å². The monoisotopic (exact) mass is 227 g/mol. The average molecular weight is 227 g/mol. The summed E-state index contributed by atoms with van der Waals surface area (Å²) >= 11 is 0. The molecule has 0 amide bonds.